The molecule has 0 spiro atoms. The van der Waals surface area contributed by atoms with E-state index in [9.17, 15) is 4.39 Å². The molecule has 1 aliphatic carbocycles. The standard InChI is InChI=1S/C8H16FP/c1-6(2)4-7(3)5-8(7,9)10/h6H,4-5,10H2,1-3H3. The Morgan fingerprint density at radius 2 is 2.00 bits per heavy atom. The Morgan fingerprint density at radius 1 is 1.60 bits per heavy atom. The van der Waals surface area contributed by atoms with E-state index in [1.165, 1.54) is 0 Å². The fourth-order valence-electron chi connectivity index (χ4n) is 1.67. The molecule has 1 fully saturated rings. The molecule has 3 unspecified atom stereocenters. The summed E-state index contributed by atoms with van der Waals surface area (Å²) < 4.78 is 13.2. The van der Waals surface area contributed by atoms with Crippen molar-refractivity contribution in [3.05, 3.63) is 0 Å². The Labute approximate surface area is 64.8 Å². The summed E-state index contributed by atoms with van der Waals surface area (Å²) in [6.07, 6.45) is 1.73. The van der Waals surface area contributed by atoms with E-state index in [0.29, 0.717) is 5.92 Å². The SMILES string of the molecule is CC(C)CC1(C)CC1(F)P. The van der Waals surface area contributed by atoms with E-state index in [2.05, 4.69) is 23.1 Å². The van der Waals surface area contributed by atoms with Crippen LogP contribution in [0.4, 0.5) is 4.39 Å². The zero-order valence-corrected chi connectivity index (χ0v) is 8.10. The van der Waals surface area contributed by atoms with Crippen LogP contribution in [0, 0.1) is 11.3 Å². The number of halogens is 1. The predicted octanol–water partition coefficient (Wildman–Crippen LogP) is 2.98. The molecular weight excluding hydrogens is 146 g/mol. The first-order chi connectivity index (χ1) is 4.37. The van der Waals surface area contributed by atoms with Crippen molar-refractivity contribution in [2.45, 2.75) is 39.0 Å². The van der Waals surface area contributed by atoms with Crippen molar-refractivity contribution >= 4 is 9.24 Å². The van der Waals surface area contributed by atoms with Gasteiger partial charge in [-0.1, -0.05) is 30.0 Å². The van der Waals surface area contributed by atoms with E-state index in [0.717, 1.165) is 12.8 Å². The molecular formula is C8H16FP. The Bertz CT molecular complexity index is 142. The minimum atomic E-state index is -0.947. The molecule has 3 atom stereocenters. The third-order valence-electron chi connectivity index (χ3n) is 2.38. The molecule has 0 aromatic carbocycles. The first kappa shape index (κ1) is 8.46. The van der Waals surface area contributed by atoms with Crippen LogP contribution >= 0.6 is 9.24 Å². The van der Waals surface area contributed by atoms with Crippen LogP contribution in [0.1, 0.15) is 33.6 Å². The lowest BCUT2D eigenvalue weighted by Crippen LogP contribution is -2.07. The summed E-state index contributed by atoms with van der Waals surface area (Å²) in [7, 11) is 2.32. The van der Waals surface area contributed by atoms with Crippen molar-refractivity contribution in [3.8, 4) is 0 Å². The van der Waals surface area contributed by atoms with Crippen LogP contribution in [-0.2, 0) is 0 Å². The fourth-order valence-corrected chi connectivity index (χ4v) is 2.23. The zero-order valence-electron chi connectivity index (χ0n) is 6.95. The summed E-state index contributed by atoms with van der Waals surface area (Å²) >= 11 is 0. The maximum absolute atomic E-state index is 13.2. The molecule has 1 rings (SSSR count). The van der Waals surface area contributed by atoms with Crippen LogP contribution in [0.5, 0.6) is 0 Å². The van der Waals surface area contributed by atoms with Gasteiger partial charge in [0.25, 0.3) is 0 Å². The average Bonchev–Trinajstić information content (AvgIpc) is 2.01. The third kappa shape index (κ3) is 1.34. The van der Waals surface area contributed by atoms with Gasteiger partial charge in [0, 0.05) is 5.41 Å². The Kier molecular flexibility index (Phi) is 1.84. The Morgan fingerprint density at radius 3 is 2.10 bits per heavy atom. The number of hydrogen-bond donors (Lipinski definition) is 0. The molecule has 60 valence electrons. The van der Waals surface area contributed by atoms with Crippen molar-refractivity contribution in [2.24, 2.45) is 11.3 Å². The normalized spacial score (nSPS) is 46.2. The van der Waals surface area contributed by atoms with Crippen molar-refractivity contribution in [2.75, 3.05) is 0 Å². The highest BCUT2D eigenvalue weighted by atomic mass is 31.0. The summed E-state index contributed by atoms with van der Waals surface area (Å²) in [5.41, 5.74) is -0.0359. The smallest absolute Gasteiger partial charge is 0.129 e. The monoisotopic (exact) mass is 162 g/mol. The lowest BCUT2D eigenvalue weighted by atomic mass is 9.96. The van der Waals surface area contributed by atoms with Crippen LogP contribution in [0.2, 0.25) is 0 Å². The van der Waals surface area contributed by atoms with Gasteiger partial charge in [0.15, 0.2) is 0 Å². The first-order valence-electron chi connectivity index (χ1n) is 3.85. The Hall–Kier alpha value is 0.360. The zero-order chi connectivity index (χ0) is 7.99. The maximum atomic E-state index is 13.2. The van der Waals surface area contributed by atoms with Gasteiger partial charge in [-0.05, 0) is 18.8 Å². The van der Waals surface area contributed by atoms with Crippen LogP contribution in [0.25, 0.3) is 0 Å². The molecule has 0 radical (unpaired) electrons. The van der Waals surface area contributed by atoms with E-state index in [1.807, 2.05) is 6.92 Å². The van der Waals surface area contributed by atoms with Crippen LogP contribution in [-0.4, -0.2) is 5.41 Å². The molecule has 0 saturated heterocycles. The van der Waals surface area contributed by atoms with E-state index in [1.54, 1.807) is 0 Å². The second-order valence-corrected chi connectivity index (χ2v) is 5.11. The molecule has 0 N–H and O–H groups in total. The van der Waals surface area contributed by atoms with Crippen molar-refractivity contribution in [1.29, 1.82) is 0 Å². The van der Waals surface area contributed by atoms with Crippen molar-refractivity contribution in [1.82, 2.24) is 0 Å². The molecule has 0 nitrogen and oxygen atoms in total. The van der Waals surface area contributed by atoms with Crippen molar-refractivity contribution < 1.29 is 4.39 Å². The molecule has 1 saturated carbocycles. The number of rotatable bonds is 2. The number of alkyl halides is 1. The molecule has 0 heterocycles. The molecule has 0 aliphatic heterocycles. The Balaban J connectivity index is 2.44. The van der Waals surface area contributed by atoms with Gasteiger partial charge in [-0.3, -0.25) is 0 Å². The van der Waals surface area contributed by atoms with E-state index < -0.39 is 5.41 Å². The molecule has 0 amide bonds. The number of hydrogen-bond acceptors (Lipinski definition) is 0. The largest absolute Gasteiger partial charge is 0.239 e. The highest BCUT2D eigenvalue weighted by Crippen LogP contribution is 2.66. The van der Waals surface area contributed by atoms with Gasteiger partial charge >= 0.3 is 0 Å². The molecule has 10 heavy (non-hydrogen) atoms. The summed E-state index contributed by atoms with van der Waals surface area (Å²) in [4.78, 5) is 0. The van der Waals surface area contributed by atoms with Gasteiger partial charge in [-0.2, -0.15) is 0 Å². The van der Waals surface area contributed by atoms with Crippen LogP contribution < -0.4 is 0 Å². The summed E-state index contributed by atoms with van der Waals surface area (Å²) in [5, 5.41) is -0.947. The minimum absolute atomic E-state index is 0.0359. The van der Waals surface area contributed by atoms with Gasteiger partial charge in [-0.15, -0.1) is 0 Å². The molecule has 0 aromatic rings. The summed E-state index contributed by atoms with van der Waals surface area (Å²) in [5.74, 6) is 0.614. The lowest BCUT2D eigenvalue weighted by Gasteiger charge is -2.13. The van der Waals surface area contributed by atoms with E-state index in [4.69, 9.17) is 0 Å². The highest BCUT2D eigenvalue weighted by molar-refractivity contribution is 7.19. The van der Waals surface area contributed by atoms with E-state index in [-0.39, 0.29) is 5.41 Å². The first-order valence-corrected chi connectivity index (χ1v) is 4.43. The average molecular weight is 162 g/mol. The fraction of sp³-hybridized carbons (Fsp3) is 1.00. The highest BCUT2D eigenvalue weighted by Gasteiger charge is 2.62. The maximum Gasteiger partial charge on any atom is 0.129 e. The van der Waals surface area contributed by atoms with Crippen LogP contribution in [0.3, 0.4) is 0 Å². The second-order valence-electron chi connectivity index (χ2n) is 4.20. The van der Waals surface area contributed by atoms with Crippen LogP contribution in [0.15, 0.2) is 0 Å². The molecule has 0 aromatic heterocycles. The summed E-state index contributed by atoms with van der Waals surface area (Å²) in [6.45, 7) is 6.31. The van der Waals surface area contributed by atoms with Crippen molar-refractivity contribution in [3.63, 3.8) is 0 Å². The van der Waals surface area contributed by atoms with Gasteiger partial charge in [0.1, 0.15) is 5.41 Å². The van der Waals surface area contributed by atoms with Gasteiger partial charge in [-0.25, -0.2) is 4.39 Å². The minimum Gasteiger partial charge on any atom is -0.239 e. The molecule has 2 heteroatoms. The third-order valence-corrected chi connectivity index (χ3v) is 3.29. The second kappa shape index (κ2) is 2.17. The quantitative estimate of drug-likeness (QED) is 0.547. The topological polar surface area (TPSA) is 0 Å². The lowest BCUT2D eigenvalue weighted by molar-refractivity contribution is 0.300. The van der Waals surface area contributed by atoms with Gasteiger partial charge in [0.2, 0.25) is 0 Å². The molecule has 0 bridgehead atoms. The molecule has 1 aliphatic rings. The predicted molar refractivity (Wildman–Crippen MR) is 45.7 cm³/mol. The van der Waals surface area contributed by atoms with Gasteiger partial charge in [0.05, 0.1) is 0 Å². The van der Waals surface area contributed by atoms with Gasteiger partial charge < -0.3 is 0 Å². The van der Waals surface area contributed by atoms with E-state index >= 15 is 0 Å². The summed E-state index contributed by atoms with van der Waals surface area (Å²) in [6, 6.07) is 0.